The fraction of sp³-hybridized carbons (Fsp3) is 0.143. The number of hydrogen-bond donors (Lipinski definition) is 0. The Hall–Kier alpha value is -0.870. The van der Waals surface area contributed by atoms with Gasteiger partial charge in [-0.2, -0.15) is 0 Å². The molecule has 62 valence electrons. The predicted octanol–water partition coefficient (Wildman–Crippen LogP) is 2.10. The summed E-state index contributed by atoms with van der Waals surface area (Å²) in [4.78, 5) is 8.95. The molecule has 0 aliphatic heterocycles. The van der Waals surface area contributed by atoms with Crippen LogP contribution < -0.4 is 0 Å². The van der Waals surface area contributed by atoms with E-state index in [4.69, 9.17) is 11.6 Å². The van der Waals surface area contributed by atoms with E-state index < -0.39 is 0 Å². The van der Waals surface area contributed by atoms with E-state index in [1.54, 1.807) is 24.6 Å². The van der Waals surface area contributed by atoms with Crippen LogP contribution in [0.15, 0.2) is 16.6 Å². The Morgan fingerprint density at radius 1 is 1.75 bits per heavy atom. The van der Waals surface area contributed by atoms with Crippen LogP contribution in [0.4, 0.5) is 0 Å². The summed E-state index contributed by atoms with van der Waals surface area (Å²) in [5.74, 6) is 0. The molecule has 2 rings (SSSR count). The van der Waals surface area contributed by atoms with Crippen LogP contribution >= 0.6 is 22.9 Å². The van der Waals surface area contributed by atoms with Gasteiger partial charge in [0.05, 0.1) is 0 Å². The minimum absolute atomic E-state index is 0.507. The van der Waals surface area contributed by atoms with Gasteiger partial charge in [-0.3, -0.25) is 9.39 Å². The van der Waals surface area contributed by atoms with Crippen LogP contribution in [-0.4, -0.2) is 22.6 Å². The van der Waals surface area contributed by atoms with Gasteiger partial charge in [0.1, 0.15) is 5.69 Å². The van der Waals surface area contributed by atoms with Crippen molar-refractivity contribution < 1.29 is 0 Å². The van der Waals surface area contributed by atoms with E-state index >= 15 is 0 Å². The number of hydrogen-bond acceptors (Lipinski definition) is 3. The van der Waals surface area contributed by atoms with Crippen molar-refractivity contribution in [2.75, 3.05) is 7.05 Å². The van der Waals surface area contributed by atoms with Crippen LogP contribution in [0.1, 0.15) is 5.69 Å². The molecule has 0 N–H and O–H groups in total. The highest BCUT2D eigenvalue weighted by atomic mass is 35.5. The van der Waals surface area contributed by atoms with E-state index in [0.717, 1.165) is 10.7 Å². The molecule has 0 amide bonds. The van der Waals surface area contributed by atoms with Crippen LogP contribution in [0.2, 0.25) is 5.15 Å². The summed E-state index contributed by atoms with van der Waals surface area (Å²) in [6.07, 6.45) is 3.63. The molecule has 0 fully saturated rings. The zero-order chi connectivity index (χ0) is 8.55. The Kier molecular flexibility index (Phi) is 1.86. The molecule has 0 radical (unpaired) electrons. The van der Waals surface area contributed by atoms with E-state index in [1.165, 1.54) is 0 Å². The molecule has 3 nitrogen and oxygen atoms in total. The second-order valence-electron chi connectivity index (χ2n) is 2.23. The number of fused-ring (bicyclic) bond motifs is 1. The van der Waals surface area contributed by atoms with E-state index in [0.29, 0.717) is 5.15 Å². The molecular formula is C7H6ClN3S. The molecule has 0 aromatic carbocycles. The maximum atomic E-state index is 5.87. The van der Waals surface area contributed by atoms with Gasteiger partial charge in [-0.25, -0.2) is 4.98 Å². The van der Waals surface area contributed by atoms with Crippen molar-refractivity contribution in [3.63, 3.8) is 0 Å². The second kappa shape index (κ2) is 2.88. The zero-order valence-electron chi connectivity index (χ0n) is 6.36. The van der Waals surface area contributed by atoms with Gasteiger partial charge in [0.25, 0.3) is 0 Å². The normalized spacial score (nSPS) is 11.8. The highest BCUT2D eigenvalue weighted by Gasteiger charge is 2.07. The SMILES string of the molecule is CN=Cc1c(Cl)nc2sccn12. The fourth-order valence-corrected chi connectivity index (χ4v) is 2.01. The fourth-order valence-electron chi connectivity index (χ4n) is 1.01. The molecule has 0 unspecified atom stereocenters. The Balaban J connectivity index is 2.75. The van der Waals surface area contributed by atoms with Crippen molar-refractivity contribution in [3.05, 3.63) is 22.4 Å². The van der Waals surface area contributed by atoms with Crippen LogP contribution in [0, 0.1) is 0 Å². The zero-order valence-corrected chi connectivity index (χ0v) is 7.93. The van der Waals surface area contributed by atoms with Crippen molar-refractivity contribution in [2.45, 2.75) is 0 Å². The third-order valence-corrected chi connectivity index (χ3v) is 2.54. The highest BCUT2D eigenvalue weighted by Crippen LogP contribution is 2.19. The molecule has 5 heteroatoms. The number of aromatic nitrogens is 2. The molecule has 12 heavy (non-hydrogen) atoms. The monoisotopic (exact) mass is 199 g/mol. The second-order valence-corrected chi connectivity index (χ2v) is 3.46. The molecule has 0 saturated carbocycles. The molecule has 0 bridgehead atoms. The lowest BCUT2D eigenvalue weighted by Gasteiger charge is -1.87. The lowest BCUT2D eigenvalue weighted by molar-refractivity contribution is 1.21. The van der Waals surface area contributed by atoms with Gasteiger partial charge >= 0.3 is 0 Å². The summed E-state index contributed by atoms with van der Waals surface area (Å²) in [5.41, 5.74) is 0.843. The third kappa shape index (κ3) is 1.04. The first-order chi connectivity index (χ1) is 5.83. The molecule has 0 aliphatic carbocycles. The third-order valence-electron chi connectivity index (χ3n) is 1.51. The molecule has 0 saturated heterocycles. The first kappa shape index (κ1) is 7.76. The molecule has 0 atom stereocenters. The molecule has 2 aromatic heterocycles. The highest BCUT2D eigenvalue weighted by molar-refractivity contribution is 7.15. The average molecular weight is 200 g/mol. The number of nitrogens with zero attached hydrogens (tertiary/aromatic N) is 3. The Labute approximate surface area is 78.3 Å². The van der Waals surface area contributed by atoms with Crippen LogP contribution in [-0.2, 0) is 0 Å². The number of halogens is 1. The van der Waals surface area contributed by atoms with Gasteiger partial charge in [-0.15, -0.1) is 11.3 Å². The number of aliphatic imine (C=N–C) groups is 1. The van der Waals surface area contributed by atoms with Gasteiger partial charge < -0.3 is 0 Å². The van der Waals surface area contributed by atoms with E-state index in [2.05, 4.69) is 9.98 Å². The maximum Gasteiger partial charge on any atom is 0.195 e. The quantitative estimate of drug-likeness (QED) is 0.647. The topological polar surface area (TPSA) is 29.7 Å². The number of thiazole rings is 1. The summed E-state index contributed by atoms with van der Waals surface area (Å²) < 4.78 is 1.92. The van der Waals surface area contributed by atoms with Gasteiger partial charge in [-0.1, -0.05) is 11.6 Å². The average Bonchev–Trinajstić information content (AvgIpc) is 2.56. The summed E-state index contributed by atoms with van der Waals surface area (Å²) in [7, 11) is 1.71. The molecule has 2 heterocycles. The van der Waals surface area contributed by atoms with Crippen LogP contribution in [0.25, 0.3) is 4.96 Å². The summed E-state index contributed by atoms with van der Waals surface area (Å²) >= 11 is 7.43. The maximum absolute atomic E-state index is 5.87. The molecule has 2 aromatic rings. The Morgan fingerprint density at radius 2 is 2.58 bits per heavy atom. The minimum atomic E-state index is 0.507. The van der Waals surface area contributed by atoms with Crippen molar-refractivity contribution >= 4 is 34.1 Å². The Bertz CT molecular complexity index is 429. The summed E-state index contributed by atoms with van der Waals surface area (Å²) in [6, 6.07) is 0. The van der Waals surface area contributed by atoms with Gasteiger partial charge in [0.2, 0.25) is 0 Å². The minimum Gasteiger partial charge on any atom is -0.294 e. The van der Waals surface area contributed by atoms with Gasteiger partial charge in [0.15, 0.2) is 10.1 Å². The van der Waals surface area contributed by atoms with Gasteiger partial charge in [-0.05, 0) is 0 Å². The molecule has 0 spiro atoms. The lowest BCUT2D eigenvalue weighted by atomic mass is 10.5. The van der Waals surface area contributed by atoms with Crippen molar-refractivity contribution in [2.24, 2.45) is 4.99 Å². The van der Waals surface area contributed by atoms with Crippen LogP contribution in [0.3, 0.4) is 0 Å². The van der Waals surface area contributed by atoms with Crippen molar-refractivity contribution in [1.29, 1.82) is 0 Å². The predicted molar refractivity (Wildman–Crippen MR) is 51.6 cm³/mol. The first-order valence-corrected chi connectivity index (χ1v) is 4.62. The molecular weight excluding hydrogens is 194 g/mol. The van der Waals surface area contributed by atoms with Crippen molar-refractivity contribution in [1.82, 2.24) is 9.38 Å². The standard InChI is InChI=1S/C7H6ClN3S/c1-9-4-5-6(8)10-7-11(5)2-3-12-7/h2-4H,1H3. The molecule has 0 aliphatic rings. The largest absolute Gasteiger partial charge is 0.294 e. The summed E-state index contributed by atoms with van der Waals surface area (Å²) in [5, 5.41) is 2.47. The first-order valence-electron chi connectivity index (χ1n) is 3.36. The van der Waals surface area contributed by atoms with E-state index in [9.17, 15) is 0 Å². The summed E-state index contributed by atoms with van der Waals surface area (Å²) in [6.45, 7) is 0. The van der Waals surface area contributed by atoms with Crippen molar-refractivity contribution in [3.8, 4) is 0 Å². The van der Waals surface area contributed by atoms with E-state index in [-0.39, 0.29) is 0 Å². The smallest absolute Gasteiger partial charge is 0.195 e. The Morgan fingerprint density at radius 3 is 3.33 bits per heavy atom. The van der Waals surface area contributed by atoms with Crippen LogP contribution in [0.5, 0.6) is 0 Å². The lowest BCUT2D eigenvalue weighted by Crippen LogP contribution is -1.87. The van der Waals surface area contributed by atoms with Gasteiger partial charge in [0, 0.05) is 24.8 Å². The van der Waals surface area contributed by atoms with E-state index in [1.807, 2.05) is 16.0 Å². The number of rotatable bonds is 1. The number of imidazole rings is 1.